The average molecular weight is 576 g/mol. The van der Waals surface area contributed by atoms with E-state index >= 15 is 0 Å². The minimum absolute atomic E-state index is 0.0332. The van der Waals surface area contributed by atoms with Gasteiger partial charge in [-0.3, -0.25) is 19.8 Å². The third-order valence-electron chi connectivity index (χ3n) is 7.00. The zero-order valence-electron chi connectivity index (χ0n) is 21.9. The van der Waals surface area contributed by atoms with Crippen molar-refractivity contribution < 1.29 is 27.6 Å². The normalized spacial score (nSPS) is 21.0. The number of thiazole rings is 1. The van der Waals surface area contributed by atoms with E-state index in [4.69, 9.17) is 9.57 Å². The van der Waals surface area contributed by atoms with Gasteiger partial charge in [-0.1, -0.05) is 17.3 Å². The van der Waals surface area contributed by atoms with E-state index in [1.165, 1.54) is 23.5 Å². The number of ether oxygens (including phenoxy) is 1. The van der Waals surface area contributed by atoms with E-state index in [-0.39, 0.29) is 27.9 Å². The zero-order chi connectivity index (χ0) is 27.4. The third kappa shape index (κ3) is 7.02. The Kier molecular flexibility index (Phi) is 8.60. The molecule has 1 atom stereocenters. The van der Waals surface area contributed by atoms with Crippen LogP contribution in [0.25, 0.3) is 0 Å². The Morgan fingerprint density at radius 3 is 2.64 bits per heavy atom. The van der Waals surface area contributed by atoms with Crippen molar-refractivity contribution in [3.63, 3.8) is 0 Å². The smallest absolute Gasteiger partial charge is 0.280 e. The largest absolute Gasteiger partial charge is 0.389 e. The Balaban J connectivity index is 1.27. The van der Waals surface area contributed by atoms with Crippen LogP contribution in [0.2, 0.25) is 0 Å². The highest BCUT2D eigenvalue weighted by Gasteiger charge is 2.37. The molecule has 13 heteroatoms. The molecule has 39 heavy (non-hydrogen) atoms. The first kappa shape index (κ1) is 27.7. The summed E-state index contributed by atoms with van der Waals surface area (Å²) in [5.41, 5.74) is 0.475. The highest BCUT2D eigenvalue weighted by Crippen LogP contribution is 2.33. The van der Waals surface area contributed by atoms with Crippen molar-refractivity contribution in [2.24, 2.45) is 5.16 Å². The molecule has 0 bridgehead atoms. The second-order valence-electron chi connectivity index (χ2n) is 10.0. The van der Waals surface area contributed by atoms with Crippen LogP contribution in [0.3, 0.4) is 0 Å². The second-order valence-corrected chi connectivity index (χ2v) is 13.4. The van der Waals surface area contributed by atoms with E-state index in [0.29, 0.717) is 56.3 Å². The topological polar surface area (TPSA) is 130 Å². The van der Waals surface area contributed by atoms with E-state index in [9.17, 15) is 18.0 Å². The summed E-state index contributed by atoms with van der Waals surface area (Å²) in [5.74, 6) is -0.403. The van der Waals surface area contributed by atoms with Gasteiger partial charge in [0.05, 0.1) is 23.4 Å². The van der Waals surface area contributed by atoms with Crippen LogP contribution in [0.4, 0.5) is 5.13 Å². The highest BCUT2D eigenvalue weighted by atomic mass is 32.2. The molecule has 1 aromatic carbocycles. The molecule has 1 N–H and O–H groups in total. The number of sulfone groups is 1. The van der Waals surface area contributed by atoms with Gasteiger partial charge in [-0.05, 0) is 31.4 Å². The molecule has 2 aromatic rings. The van der Waals surface area contributed by atoms with Crippen LogP contribution >= 0.6 is 11.3 Å². The quantitative estimate of drug-likeness (QED) is 0.356. The van der Waals surface area contributed by atoms with Crippen molar-refractivity contribution in [3.05, 3.63) is 40.9 Å². The number of carbonyl (C=O) groups is 2. The van der Waals surface area contributed by atoms with Gasteiger partial charge < -0.3 is 14.5 Å². The number of benzene rings is 1. The average Bonchev–Trinajstić information content (AvgIpc) is 3.58. The van der Waals surface area contributed by atoms with Crippen molar-refractivity contribution in [1.82, 2.24) is 14.8 Å². The lowest BCUT2D eigenvalue weighted by Gasteiger charge is -2.20. The first-order valence-electron chi connectivity index (χ1n) is 13.2. The number of nitrogens with one attached hydrogen (secondary N) is 1. The second kappa shape index (κ2) is 12.1. The Morgan fingerprint density at radius 1 is 1.15 bits per heavy atom. The summed E-state index contributed by atoms with van der Waals surface area (Å²) in [7, 11) is -3.34. The van der Waals surface area contributed by atoms with Gasteiger partial charge in [-0.15, -0.1) is 11.3 Å². The molecule has 1 aromatic heterocycles. The molecule has 1 saturated carbocycles. The molecule has 11 nitrogen and oxygen atoms in total. The van der Waals surface area contributed by atoms with Crippen LogP contribution < -0.4 is 5.32 Å². The van der Waals surface area contributed by atoms with Crippen LogP contribution in [0, 0.1) is 0 Å². The van der Waals surface area contributed by atoms with Gasteiger partial charge in [0, 0.05) is 62.7 Å². The summed E-state index contributed by atoms with van der Waals surface area (Å²) in [4.78, 5) is 40.4. The van der Waals surface area contributed by atoms with E-state index in [1.54, 1.807) is 25.3 Å². The fourth-order valence-electron chi connectivity index (χ4n) is 4.58. The molecule has 0 spiro atoms. The lowest BCUT2D eigenvalue weighted by Crippen LogP contribution is -2.33. The summed E-state index contributed by atoms with van der Waals surface area (Å²) in [6.07, 6.45) is 4.44. The predicted octanol–water partition coefficient (Wildman–Crippen LogP) is 2.28. The number of amides is 2. The van der Waals surface area contributed by atoms with Gasteiger partial charge >= 0.3 is 0 Å². The maximum absolute atomic E-state index is 13.3. The number of anilines is 1. The van der Waals surface area contributed by atoms with Gasteiger partial charge in [0.2, 0.25) is 5.91 Å². The van der Waals surface area contributed by atoms with Crippen LogP contribution in [0.5, 0.6) is 0 Å². The fraction of sp³-hybridized carbons (Fsp3) is 0.538. The fourth-order valence-corrected chi connectivity index (χ4v) is 7.09. The third-order valence-corrected chi connectivity index (χ3v) is 10.2. The molecule has 3 fully saturated rings. The van der Waals surface area contributed by atoms with Crippen LogP contribution in [0.1, 0.15) is 43.0 Å². The molecule has 3 aliphatic rings. The SMILES string of the molecule is CC(=O)N1CCCN(Cc2cnc(NC(=O)/C(=N/O[C@@H]3CCOC3)c3ccc(S(=O)(=O)C4CC4)cc3)s2)CC1. The molecular formula is C26H33N5O6S2. The van der Waals surface area contributed by atoms with Gasteiger partial charge in [-0.2, -0.15) is 0 Å². The zero-order valence-corrected chi connectivity index (χ0v) is 23.5. The van der Waals surface area contributed by atoms with Crippen molar-refractivity contribution in [1.29, 1.82) is 0 Å². The maximum Gasteiger partial charge on any atom is 0.280 e. The molecule has 1 aliphatic carbocycles. The minimum atomic E-state index is -3.34. The van der Waals surface area contributed by atoms with E-state index < -0.39 is 15.7 Å². The van der Waals surface area contributed by atoms with Gasteiger partial charge in [0.25, 0.3) is 5.91 Å². The highest BCUT2D eigenvalue weighted by molar-refractivity contribution is 7.92. The van der Waals surface area contributed by atoms with E-state index in [0.717, 1.165) is 30.9 Å². The number of aromatic nitrogens is 1. The molecule has 210 valence electrons. The monoisotopic (exact) mass is 575 g/mol. The molecule has 0 radical (unpaired) electrons. The molecule has 2 saturated heterocycles. The Hall–Kier alpha value is -2.87. The number of oxime groups is 1. The minimum Gasteiger partial charge on any atom is -0.389 e. The Morgan fingerprint density at radius 2 is 1.95 bits per heavy atom. The number of nitrogens with zero attached hydrogens (tertiary/aromatic N) is 4. The van der Waals surface area contributed by atoms with Crippen molar-refractivity contribution in [3.8, 4) is 0 Å². The lowest BCUT2D eigenvalue weighted by atomic mass is 10.1. The summed E-state index contributed by atoms with van der Waals surface area (Å²) in [6.45, 7) is 6.38. The van der Waals surface area contributed by atoms with Gasteiger partial charge in [0.1, 0.15) is 0 Å². The molecule has 3 heterocycles. The molecule has 5 rings (SSSR count). The first-order chi connectivity index (χ1) is 18.8. The molecule has 2 aliphatic heterocycles. The summed E-state index contributed by atoms with van der Waals surface area (Å²) in [5, 5.41) is 7.09. The maximum atomic E-state index is 13.3. The van der Waals surface area contributed by atoms with Crippen LogP contribution in [-0.2, 0) is 35.5 Å². The number of rotatable bonds is 9. The standard InChI is InChI=1S/C26H33N5O6S2/c1-18(32)31-11-2-10-30(12-13-31)16-21-15-27-26(38-21)28-25(33)24(29-37-20-9-14-36-17-20)19-3-5-22(6-4-19)39(34,35)23-7-8-23/h3-6,15,20,23H,2,7-14,16-17H2,1H3,(H,27,28,33)/b29-24+/t20-/m1/s1. The van der Waals surface area contributed by atoms with E-state index in [1.807, 2.05) is 4.90 Å². The lowest BCUT2D eigenvalue weighted by molar-refractivity contribution is -0.128. The van der Waals surface area contributed by atoms with Gasteiger partial charge in [-0.25, -0.2) is 13.4 Å². The number of hydrogen-bond donors (Lipinski definition) is 1. The van der Waals surface area contributed by atoms with E-state index in [2.05, 4.69) is 20.4 Å². The first-order valence-corrected chi connectivity index (χ1v) is 15.6. The van der Waals surface area contributed by atoms with Crippen molar-refractivity contribution in [2.75, 3.05) is 44.7 Å². The number of carbonyl (C=O) groups excluding carboxylic acids is 2. The van der Waals surface area contributed by atoms with Crippen LogP contribution in [-0.4, -0.2) is 91.5 Å². The predicted molar refractivity (Wildman–Crippen MR) is 146 cm³/mol. The van der Waals surface area contributed by atoms with Crippen LogP contribution in [0.15, 0.2) is 40.5 Å². The molecule has 0 unspecified atom stereocenters. The van der Waals surface area contributed by atoms with Gasteiger partial charge in [0.15, 0.2) is 26.8 Å². The molecular weight excluding hydrogens is 542 g/mol. The Bertz CT molecular complexity index is 1320. The summed E-state index contributed by atoms with van der Waals surface area (Å²) in [6, 6.07) is 6.19. The molecule has 2 amide bonds. The number of hydrogen-bond acceptors (Lipinski definition) is 10. The summed E-state index contributed by atoms with van der Waals surface area (Å²) >= 11 is 1.38. The van der Waals surface area contributed by atoms with Crippen molar-refractivity contribution in [2.45, 2.75) is 55.4 Å². The Labute approximate surface area is 232 Å². The summed E-state index contributed by atoms with van der Waals surface area (Å²) < 4.78 is 30.5. The van der Waals surface area contributed by atoms with Crippen molar-refractivity contribution >= 4 is 43.8 Å².